The van der Waals surface area contributed by atoms with Crippen molar-refractivity contribution in [2.75, 3.05) is 34.3 Å². The van der Waals surface area contributed by atoms with Gasteiger partial charge in [0.15, 0.2) is 0 Å². The molecular formula is C24H28N4O3. The highest BCUT2D eigenvalue weighted by atomic mass is 16.5. The molecule has 7 nitrogen and oxygen atoms in total. The Morgan fingerprint density at radius 3 is 2.39 bits per heavy atom. The van der Waals surface area contributed by atoms with Crippen LogP contribution in [0, 0.1) is 0 Å². The lowest BCUT2D eigenvalue weighted by Crippen LogP contribution is -2.43. The van der Waals surface area contributed by atoms with E-state index in [4.69, 9.17) is 4.74 Å². The normalized spacial score (nSPS) is 18.1. The lowest BCUT2D eigenvalue weighted by molar-refractivity contribution is -0.138. The number of piperidine rings is 1. The molecule has 2 aliphatic rings. The summed E-state index contributed by atoms with van der Waals surface area (Å²) in [5.74, 6) is 0.162. The largest absolute Gasteiger partial charge is 0.497 e. The van der Waals surface area contributed by atoms with E-state index in [0.29, 0.717) is 22.7 Å². The summed E-state index contributed by atoms with van der Waals surface area (Å²) in [5.41, 5.74) is 2.32. The zero-order chi connectivity index (χ0) is 22.0. The number of hydrogen-bond donors (Lipinski definition) is 0. The van der Waals surface area contributed by atoms with Gasteiger partial charge < -0.3 is 14.5 Å². The van der Waals surface area contributed by atoms with Gasteiger partial charge in [-0.2, -0.15) is 0 Å². The van der Waals surface area contributed by atoms with Crippen LogP contribution in [-0.4, -0.2) is 71.8 Å². The van der Waals surface area contributed by atoms with Gasteiger partial charge in [0.1, 0.15) is 11.4 Å². The molecule has 0 N–H and O–H groups in total. The second-order valence-electron chi connectivity index (χ2n) is 8.11. The van der Waals surface area contributed by atoms with Gasteiger partial charge in [-0.05, 0) is 62.8 Å². The van der Waals surface area contributed by atoms with Gasteiger partial charge in [-0.3, -0.25) is 19.5 Å². The molecule has 0 radical (unpaired) electrons. The molecule has 4 rings (SSSR count). The minimum atomic E-state index is -0.282. The summed E-state index contributed by atoms with van der Waals surface area (Å²) >= 11 is 0. The first-order valence-electron chi connectivity index (χ1n) is 10.6. The van der Waals surface area contributed by atoms with E-state index in [1.165, 1.54) is 4.90 Å². The molecule has 2 aromatic rings. The zero-order valence-corrected chi connectivity index (χ0v) is 18.2. The van der Waals surface area contributed by atoms with Gasteiger partial charge in [0.25, 0.3) is 11.8 Å². The third-order valence-electron chi connectivity index (χ3n) is 6.16. The van der Waals surface area contributed by atoms with Crippen molar-refractivity contribution >= 4 is 17.4 Å². The van der Waals surface area contributed by atoms with Gasteiger partial charge in [0.2, 0.25) is 0 Å². The molecule has 7 heteroatoms. The Hall–Kier alpha value is -3.19. The van der Waals surface area contributed by atoms with Gasteiger partial charge in [0, 0.05) is 19.3 Å². The first-order chi connectivity index (χ1) is 15.0. The van der Waals surface area contributed by atoms with Crippen LogP contribution in [0.3, 0.4) is 0 Å². The fourth-order valence-corrected chi connectivity index (χ4v) is 4.27. The van der Waals surface area contributed by atoms with Crippen LogP contribution in [0.5, 0.6) is 5.75 Å². The summed E-state index contributed by atoms with van der Waals surface area (Å²) in [6, 6.07) is 13.0. The van der Waals surface area contributed by atoms with Crippen molar-refractivity contribution in [3.8, 4) is 5.75 Å². The Morgan fingerprint density at radius 2 is 1.77 bits per heavy atom. The Labute approximate surface area is 182 Å². The van der Waals surface area contributed by atoms with Crippen LogP contribution in [-0.2, 0) is 16.1 Å². The molecule has 0 spiro atoms. The molecular weight excluding hydrogens is 392 g/mol. The van der Waals surface area contributed by atoms with Gasteiger partial charge >= 0.3 is 0 Å². The second kappa shape index (κ2) is 8.89. The van der Waals surface area contributed by atoms with Gasteiger partial charge in [-0.15, -0.1) is 0 Å². The minimum Gasteiger partial charge on any atom is -0.497 e. The molecule has 0 unspecified atom stereocenters. The molecule has 1 aromatic heterocycles. The van der Waals surface area contributed by atoms with E-state index in [-0.39, 0.29) is 24.4 Å². The van der Waals surface area contributed by atoms with Crippen molar-refractivity contribution in [2.45, 2.75) is 25.4 Å². The molecule has 1 fully saturated rings. The van der Waals surface area contributed by atoms with Crippen molar-refractivity contribution in [1.82, 2.24) is 19.7 Å². The number of benzene rings is 1. The van der Waals surface area contributed by atoms with E-state index < -0.39 is 0 Å². The van der Waals surface area contributed by atoms with Crippen LogP contribution >= 0.6 is 0 Å². The van der Waals surface area contributed by atoms with E-state index in [0.717, 1.165) is 31.5 Å². The number of carbonyl (C=O) groups is 2. The fraction of sp³-hybridized carbons (Fsp3) is 0.375. The predicted octanol–water partition coefficient (Wildman–Crippen LogP) is 2.40. The number of aromatic nitrogens is 1. The van der Waals surface area contributed by atoms with Crippen molar-refractivity contribution in [1.29, 1.82) is 0 Å². The maximum Gasteiger partial charge on any atom is 0.278 e. The van der Waals surface area contributed by atoms with E-state index in [1.807, 2.05) is 54.4 Å². The smallest absolute Gasteiger partial charge is 0.278 e. The summed E-state index contributed by atoms with van der Waals surface area (Å²) in [7, 11) is 5.65. The Morgan fingerprint density at radius 1 is 1.06 bits per heavy atom. The van der Waals surface area contributed by atoms with Gasteiger partial charge in [-0.1, -0.05) is 18.2 Å². The zero-order valence-electron chi connectivity index (χ0n) is 18.2. The van der Waals surface area contributed by atoms with Crippen LogP contribution in [0.1, 0.15) is 24.1 Å². The van der Waals surface area contributed by atoms with Crippen LogP contribution < -0.4 is 4.74 Å². The highest BCUT2D eigenvalue weighted by Crippen LogP contribution is 2.34. The first-order valence-corrected chi connectivity index (χ1v) is 10.6. The second-order valence-corrected chi connectivity index (χ2v) is 8.11. The molecule has 2 amide bonds. The molecule has 0 atom stereocenters. The quantitative estimate of drug-likeness (QED) is 0.669. The van der Waals surface area contributed by atoms with Gasteiger partial charge in [-0.25, -0.2) is 0 Å². The lowest BCUT2D eigenvalue weighted by atomic mass is 10.00. The molecule has 3 heterocycles. The standard InChI is InChI=1S/C24H28N4O3/c1-26-14-11-19(12-15-26)27(2)22-21(17-7-9-20(31-3)10-8-17)23(29)28(24(22)30)16-18-6-4-5-13-25-18/h4-10,13,19H,11-12,14-16H2,1-3H3. The van der Waals surface area contributed by atoms with Crippen molar-refractivity contribution < 1.29 is 14.3 Å². The maximum absolute atomic E-state index is 13.5. The average Bonchev–Trinajstić information content (AvgIpc) is 3.04. The van der Waals surface area contributed by atoms with Crippen molar-refractivity contribution in [2.24, 2.45) is 0 Å². The fourth-order valence-electron chi connectivity index (χ4n) is 4.27. The molecule has 1 saturated heterocycles. The number of hydrogen-bond acceptors (Lipinski definition) is 6. The molecule has 31 heavy (non-hydrogen) atoms. The highest BCUT2D eigenvalue weighted by molar-refractivity contribution is 6.35. The van der Waals surface area contributed by atoms with Gasteiger partial charge in [0.05, 0.1) is 24.9 Å². The summed E-state index contributed by atoms with van der Waals surface area (Å²) < 4.78 is 5.26. The number of rotatable bonds is 6. The third-order valence-corrected chi connectivity index (χ3v) is 6.16. The number of nitrogens with zero attached hydrogens (tertiary/aromatic N) is 4. The highest BCUT2D eigenvalue weighted by Gasteiger charge is 2.42. The Bertz CT molecular complexity index is 980. The molecule has 0 bridgehead atoms. The third kappa shape index (κ3) is 4.18. The molecule has 1 aromatic carbocycles. The number of ether oxygens (including phenoxy) is 1. The maximum atomic E-state index is 13.5. The minimum absolute atomic E-state index is 0.156. The number of imide groups is 1. The summed E-state index contributed by atoms with van der Waals surface area (Å²) in [6.45, 7) is 2.10. The summed E-state index contributed by atoms with van der Waals surface area (Å²) in [4.78, 5) is 36.9. The summed E-state index contributed by atoms with van der Waals surface area (Å²) in [5, 5.41) is 0. The molecule has 2 aliphatic heterocycles. The van der Waals surface area contributed by atoms with Crippen LogP contribution in [0.4, 0.5) is 0 Å². The number of methoxy groups -OCH3 is 1. The van der Waals surface area contributed by atoms with E-state index in [1.54, 1.807) is 13.3 Å². The molecule has 0 saturated carbocycles. The van der Waals surface area contributed by atoms with Crippen LogP contribution in [0.25, 0.3) is 5.57 Å². The van der Waals surface area contributed by atoms with Crippen molar-refractivity contribution in [3.05, 3.63) is 65.6 Å². The number of pyridine rings is 1. The van der Waals surface area contributed by atoms with Crippen LogP contribution in [0.2, 0.25) is 0 Å². The number of amides is 2. The molecule has 0 aliphatic carbocycles. The number of carbonyl (C=O) groups excluding carboxylic acids is 2. The van der Waals surface area contributed by atoms with Crippen molar-refractivity contribution in [3.63, 3.8) is 0 Å². The van der Waals surface area contributed by atoms with E-state index >= 15 is 0 Å². The number of likely N-dealkylation sites (tertiary alicyclic amines) is 1. The summed E-state index contributed by atoms with van der Waals surface area (Å²) in [6.07, 6.45) is 3.58. The molecule has 162 valence electrons. The first kappa shape index (κ1) is 21.1. The van der Waals surface area contributed by atoms with E-state index in [2.05, 4.69) is 16.9 Å². The lowest BCUT2D eigenvalue weighted by Gasteiger charge is -2.36. The number of likely N-dealkylation sites (N-methyl/N-ethyl adjacent to an activating group) is 1. The average molecular weight is 421 g/mol. The SMILES string of the molecule is COc1ccc(C2=C(N(C)C3CCN(C)CC3)C(=O)N(Cc3ccccn3)C2=O)cc1. The topological polar surface area (TPSA) is 66.0 Å². The monoisotopic (exact) mass is 420 g/mol. The Kier molecular flexibility index (Phi) is 6.04. The Balaban J connectivity index is 1.71. The van der Waals surface area contributed by atoms with E-state index in [9.17, 15) is 9.59 Å². The van der Waals surface area contributed by atoms with Crippen LogP contribution in [0.15, 0.2) is 54.4 Å². The predicted molar refractivity (Wildman–Crippen MR) is 118 cm³/mol.